The highest BCUT2D eigenvalue weighted by Crippen LogP contribution is 2.43. The van der Waals surface area contributed by atoms with Crippen LogP contribution < -0.4 is 0 Å². The molecule has 0 heterocycles. The molecule has 0 spiro atoms. The average molecular weight is 245 g/mol. The fraction of sp³-hybridized carbons (Fsp3) is 0.700. The Morgan fingerprint density at radius 2 is 2.46 bits per heavy atom. The summed E-state index contributed by atoms with van der Waals surface area (Å²) in [5, 5.41) is 0.608. The molecule has 13 heavy (non-hydrogen) atoms. The van der Waals surface area contributed by atoms with E-state index >= 15 is 0 Å². The Morgan fingerprint density at radius 1 is 1.69 bits per heavy atom. The molecule has 1 saturated carbocycles. The summed E-state index contributed by atoms with van der Waals surface area (Å²) in [7, 11) is 1.63. The van der Waals surface area contributed by atoms with E-state index in [0.717, 1.165) is 6.42 Å². The first-order chi connectivity index (χ1) is 6.23. The molecular weight excluding hydrogens is 232 g/mol. The number of carbonyl (C=O) groups is 1. The van der Waals surface area contributed by atoms with Crippen LogP contribution in [-0.2, 0) is 9.53 Å². The van der Waals surface area contributed by atoms with Gasteiger partial charge >= 0.3 is 0 Å². The first-order valence-corrected chi connectivity index (χ1v) is 5.68. The van der Waals surface area contributed by atoms with Crippen LogP contribution in [0.25, 0.3) is 0 Å². The van der Waals surface area contributed by atoms with Crippen molar-refractivity contribution >= 4 is 21.7 Å². The van der Waals surface area contributed by atoms with Gasteiger partial charge in [0.25, 0.3) is 0 Å². The number of hydrogen-bond acceptors (Lipinski definition) is 2. The van der Waals surface area contributed by atoms with Crippen molar-refractivity contribution in [3.05, 3.63) is 12.2 Å². The van der Waals surface area contributed by atoms with E-state index in [1.807, 2.05) is 0 Å². The number of carbonyl (C=O) groups excluding carboxylic acids is 1. The van der Waals surface area contributed by atoms with E-state index < -0.39 is 5.60 Å². The SMILES string of the molecule is CO[C@]1(CBr)C(=O)C[C@H]2C=C[C@@H]1C2. The minimum absolute atomic E-state index is 0.248. The minimum atomic E-state index is -0.580. The predicted molar refractivity (Wildman–Crippen MR) is 53.9 cm³/mol. The van der Waals surface area contributed by atoms with Gasteiger partial charge < -0.3 is 4.74 Å². The van der Waals surface area contributed by atoms with Crippen LogP contribution in [0, 0.1) is 11.8 Å². The molecule has 2 rings (SSSR count). The third kappa shape index (κ3) is 1.21. The van der Waals surface area contributed by atoms with Crippen molar-refractivity contribution in [2.75, 3.05) is 12.4 Å². The second kappa shape index (κ2) is 3.21. The van der Waals surface area contributed by atoms with Crippen LogP contribution in [-0.4, -0.2) is 23.8 Å². The molecule has 0 radical (unpaired) electrons. The molecule has 1 fully saturated rings. The van der Waals surface area contributed by atoms with E-state index in [-0.39, 0.29) is 11.7 Å². The van der Waals surface area contributed by atoms with Gasteiger partial charge in [0, 0.05) is 24.8 Å². The lowest BCUT2D eigenvalue weighted by atomic mass is 9.75. The number of methoxy groups -OCH3 is 1. The van der Waals surface area contributed by atoms with Crippen molar-refractivity contribution in [2.45, 2.75) is 18.4 Å². The standard InChI is InChI=1S/C10H13BrO2/c1-13-10(6-11)8-3-2-7(4-8)5-9(10)12/h2-3,7-8H,4-6H2,1H3/t7-,8+,10-/m0/s1. The van der Waals surface area contributed by atoms with Gasteiger partial charge in [0.1, 0.15) is 5.60 Å². The van der Waals surface area contributed by atoms with Crippen molar-refractivity contribution in [1.82, 2.24) is 0 Å². The summed E-state index contributed by atoms with van der Waals surface area (Å²) in [6.07, 6.45) is 6.02. The summed E-state index contributed by atoms with van der Waals surface area (Å²) < 4.78 is 5.42. The van der Waals surface area contributed by atoms with E-state index in [1.54, 1.807) is 7.11 Å². The van der Waals surface area contributed by atoms with Gasteiger partial charge in [0.15, 0.2) is 5.78 Å². The maximum absolute atomic E-state index is 11.8. The fourth-order valence-corrected chi connectivity index (χ4v) is 3.34. The van der Waals surface area contributed by atoms with Crippen LogP contribution in [0.3, 0.4) is 0 Å². The molecule has 0 N–H and O–H groups in total. The zero-order chi connectivity index (χ0) is 9.47. The van der Waals surface area contributed by atoms with Gasteiger partial charge in [-0.25, -0.2) is 0 Å². The maximum Gasteiger partial charge on any atom is 0.166 e. The van der Waals surface area contributed by atoms with E-state index in [1.165, 1.54) is 0 Å². The molecule has 0 aromatic carbocycles. The minimum Gasteiger partial charge on any atom is -0.369 e. The Labute approximate surface area is 86.5 Å². The van der Waals surface area contributed by atoms with Gasteiger partial charge in [-0.05, 0) is 12.3 Å². The van der Waals surface area contributed by atoms with E-state index in [9.17, 15) is 4.79 Å². The summed E-state index contributed by atoms with van der Waals surface area (Å²) >= 11 is 3.39. The van der Waals surface area contributed by atoms with Crippen molar-refractivity contribution in [2.24, 2.45) is 11.8 Å². The van der Waals surface area contributed by atoms with Crippen molar-refractivity contribution < 1.29 is 9.53 Å². The molecule has 0 aromatic rings. The average Bonchev–Trinajstić information content (AvgIpc) is 2.53. The summed E-state index contributed by atoms with van der Waals surface area (Å²) in [4.78, 5) is 11.8. The van der Waals surface area contributed by atoms with E-state index in [2.05, 4.69) is 28.1 Å². The molecule has 0 aromatic heterocycles. The molecule has 3 heteroatoms. The lowest BCUT2D eigenvalue weighted by Crippen LogP contribution is -2.51. The van der Waals surface area contributed by atoms with Crippen LogP contribution in [0.4, 0.5) is 0 Å². The molecule has 2 aliphatic rings. The summed E-state index contributed by atoms with van der Waals surface area (Å²) in [5.74, 6) is 1.00. The highest BCUT2D eigenvalue weighted by Gasteiger charge is 2.50. The molecule has 0 amide bonds. The number of Topliss-reactive ketones (excluding diaryl/α,β-unsaturated/α-hetero) is 1. The molecule has 0 unspecified atom stereocenters. The Bertz CT molecular complexity index is 256. The third-order valence-corrected chi connectivity index (χ3v) is 4.09. The van der Waals surface area contributed by atoms with Crippen molar-refractivity contribution in [3.8, 4) is 0 Å². The number of ether oxygens (including phenoxy) is 1. The van der Waals surface area contributed by atoms with Gasteiger partial charge in [-0.3, -0.25) is 4.79 Å². The van der Waals surface area contributed by atoms with Gasteiger partial charge in [-0.2, -0.15) is 0 Å². The Balaban J connectivity index is 2.33. The van der Waals surface area contributed by atoms with E-state index in [4.69, 9.17) is 4.74 Å². The van der Waals surface area contributed by atoms with Gasteiger partial charge in [-0.1, -0.05) is 28.1 Å². The fourth-order valence-electron chi connectivity index (χ4n) is 2.38. The van der Waals surface area contributed by atoms with Crippen LogP contribution in [0.2, 0.25) is 0 Å². The predicted octanol–water partition coefficient (Wildman–Crippen LogP) is 1.93. The first-order valence-electron chi connectivity index (χ1n) is 4.55. The quantitative estimate of drug-likeness (QED) is 0.549. The number of allylic oxidation sites excluding steroid dienone is 1. The van der Waals surface area contributed by atoms with Gasteiger partial charge in [-0.15, -0.1) is 0 Å². The lowest BCUT2D eigenvalue weighted by Gasteiger charge is -2.38. The number of fused-ring (bicyclic) bond motifs is 2. The van der Waals surface area contributed by atoms with Crippen molar-refractivity contribution in [1.29, 1.82) is 0 Å². The molecule has 2 nitrogen and oxygen atoms in total. The Hall–Kier alpha value is -0.150. The molecule has 0 aliphatic heterocycles. The Kier molecular flexibility index (Phi) is 2.32. The highest BCUT2D eigenvalue weighted by molar-refractivity contribution is 9.09. The third-order valence-electron chi connectivity index (χ3n) is 3.25. The summed E-state index contributed by atoms with van der Waals surface area (Å²) in [6.45, 7) is 0. The first kappa shape index (κ1) is 9.41. The molecule has 2 aliphatic carbocycles. The summed E-state index contributed by atoms with van der Waals surface area (Å²) in [6, 6.07) is 0. The van der Waals surface area contributed by atoms with Crippen LogP contribution in [0.5, 0.6) is 0 Å². The summed E-state index contributed by atoms with van der Waals surface area (Å²) in [5.41, 5.74) is -0.580. The smallest absolute Gasteiger partial charge is 0.166 e. The van der Waals surface area contributed by atoms with Gasteiger partial charge in [0.05, 0.1) is 0 Å². The van der Waals surface area contributed by atoms with E-state index in [0.29, 0.717) is 17.7 Å². The lowest BCUT2D eigenvalue weighted by molar-refractivity contribution is -0.147. The van der Waals surface area contributed by atoms with Crippen LogP contribution in [0.15, 0.2) is 12.2 Å². The zero-order valence-corrected chi connectivity index (χ0v) is 9.21. The molecule has 0 saturated heterocycles. The number of halogens is 1. The molecule has 72 valence electrons. The zero-order valence-electron chi connectivity index (χ0n) is 7.63. The van der Waals surface area contributed by atoms with Crippen LogP contribution >= 0.6 is 15.9 Å². The van der Waals surface area contributed by atoms with Crippen molar-refractivity contribution in [3.63, 3.8) is 0 Å². The number of ketones is 1. The number of hydrogen-bond donors (Lipinski definition) is 0. The number of alkyl halides is 1. The highest BCUT2D eigenvalue weighted by atomic mass is 79.9. The monoisotopic (exact) mass is 244 g/mol. The molecule has 2 bridgehead atoms. The topological polar surface area (TPSA) is 26.3 Å². The van der Waals surface area contributed by atoms with Gasteiger partial charge in [0.2, 0.25) is 0 Å². The maximum atomic E-state index is 11.8. The molecule has 3 atom stereocenters. The second-order valence-corrected chi connectivity index (χ2v) is 4.40. The second-order valence-electron chi connectivity index (χ2n) is 3.84. The molecular formula is C10H13BrO2. The van der Waals surface area contributed by atoms with Crippen LogP contribution in [0.1, 0.15) is 12.8 Å². The number of rotatable bonds is 2. The normalized spacial score (nSPS) is 42.8. The largest absolute Gasteiger partial charge is 0.369 e. The Morgan fingerprint density at radius 3 is 3.08 bits per heavy atom.